The molecule has 0 radical (unpaired) electrons. The van der Waals surface area contributed by atoms with Gasteiger partial charge < -0.3 is 5.32 Å². The lowest BCUT2D eigenvalue weighted by Crippen LogP contribution is -2.37. The highest BCUT2D eigenvalue weighted by Crippen LogP contribution is 2.15. The van der Waals surface area contributed by atoms with Crippen LogP contribution >= 0.6 is 0 Å². The second-order valence-corrected chi connectivity index (χ2v) is 8.84. The highest BCUT2D eigenvalue weighted by Gasteiger charge is 2.28. The topological polar surface area (TPSA) is 46.2 Å². The van der Waals surface area contributed by atoms with Crippen LogP contribution < -0.4 is 5.32 Å². The van der Waals surface area contributed by atoms with E-state index in [4.69, 9.17) is 0 Å². The number of hydrogen-bond acceptors (Lipinski definition) is 3. The monoisotopic (exact) mass is 283 g/mol. The molecule has 0 aliphatic carbocycles. The van der Waals surface area contributed by atoms with Crippen molar-refractivity contribution in [3.63, 3.8) is 0 Å². The van der Waals surface area contributed by atoms with Gasteiger partial charge in [0.2, 0.25) is 0 Å². The number of rotatable bonds is 6. The first-order valence-corrected chi connectivity index (χ1v) is 8.37. The van der Waals surface area contributed by atoms with Crippen LogP contribution in [0.25, 0.3) is 0 Å². The van der Waals surface area contributed by atoms with Crippen LogP contribution in [0.15, 0.2) is 30.3 Å². The molecular weight excluding hydrogens is 258 g/mol. The minimum absolute atomic E-state index is 0.190. The molecular formula is C15H25NO2S. The lowest BCUT2D eigenvalue weighted by Gasteiger charge is -2.20. The summed E-state index contributed by atoms with van der Waals surface area (Å²) in [4.78, 5) is 0. The molecule has 0 saturated heterocycles. The minimum atomic E-state index is -3.03. The van der Waals surface area contributed by atoms with Crippen molar-refractivity contribution in [3.05, 3.63) is 35.9 Å². The van der Waals surface area contributed by atoms with Crippen LogP contribution in [0.3, 0.4) is 0 Å². The lowest BCUT2D eigenvalue weighted by molar-refractivity contribution is 0.538. The van der Waals surface area contributed by atoms with Gasteiger partial charge in [-0.3, -0.25) is 0 Å². The van der Waals surface area contributed by atoms with Crippen LogP contribution in [-0.2, 0) is 16.3 Å². The largest absolute Gasteiger partial charge is 0.313 e. The molecule has 19 heavy (non-hydrogen) atoms. The summed E-state index contributed by atoms with van der Waals surface area (Å²) in [6.07, 6.45) is 0.913. The predicted octanol–water partition coefficient (Wildman–Crippen LogP) is 2.42. The fourth-order valence-corrected chi connectivity index (χ4v) is 2.78. The Balaban J connectivity index is 2.38. The van der Waals surface area contributed by atoms with E-state index < -0.39 is 14.6 Å². The van der Waals surface area contributed by atoms with Crippen molar-refractivity contribution in [2.24, 2.45) is 0 Å². The average Bonchev–Trinajstić information content (AvgIpc) is 2.28. The van der Waals surface area contributed by atoms with Crippen molar-refractivity contribution < 1.29 is 8.42 Å². The molecule has 1 atom stereocenters. The van der Waals surface area contributed by atoms with Gasteiger partial charge in [0.15, 0.2) is 9.84 Å². The number of sulfone groups is 1. The van der Waals surface area contributed by atoms with Crippen LogP contribution in [0.4, 0.5) is 0 Å². The molecule has 0 saturated carbocycles. The van der Waals surface area contributed by atoms with E-state index in [0.29, 0.717) is 6.54 Å². The summed E-state index contributed by atoms with van der Waals surface area (Å²) in [7, 11) is -3.03. The van der Waals surface area contributed by atoms with Gasteiger partial charge in [-0.25, -0.2) is 8.42 Å². The summed E-state index contributed by atoms with van der Waals surface area (Å²) < 4.78 is 23.2. The van der Waals surface area contributed by atoms with Gasteiger partial charge in [0, 0.05) is 12.6 Å². The molecule has 108 valence electrons. The number of benzene rings is 1. The molecule has 1 aromatic rings. The van der Waals surface area contributed by atoms with Gasteiger partial charge in [-0.1, -0.05) is 30.3 Å². The third-order valence-electron chi connectivity index (χ3n) is 3.18. The van der Waals surface area contributed by atoms with Crippen molar-refractivity contribution in [2.45, 2.75) is 44.9 Å². The predicted molar refractivity (Wildman–Crippen MR) is 81.2 cm³/mol. The van der Waals surface area contributed by atoms with Gasteiger partial charge in [0.05, 0.1) is 10.5 Å². The van der Waals surface area contributed by atoms with E-state index in [2.05, 4.69) is 24.4 Å². The molecule has 0 aliphatic heterocycles. The zero-order chi connectivity index (χ0) is 14.5. The molecule has 0 amide bonds. The van der Waals surface area contributed by atoms with E-state index in [-0.39, 0.29) is 11.8 Å². The van der Waals surface area contributed by atoms with E-state index in [9.17, 15) is 8.42 Å². The van der Waals surface area contributed by atoms with Crippen molar-refractivity contribution in [2.75, 3.05) is 12.3 Å². The summed E-state index contributed by atoms with van der Waals surface area (Å²) in [5, 5.41) is 3.28. The molecule has 0 heterocycles. The Morgan fingerprint density at radius 1 is 1.16 bits per heavy atom. The van der Waals surface area contributed by atoms with Gasteiger partial charge in [0.1, 0.15) is 0 Å². The SMILES string of the molecule is CC(Cc1ccccc1)NCCS(=O)(=O)C(C)(C)C. The maximum Gasteiger partial charge on any atom is 0.156 e. The molecule has 0 spiro atoms. The third kappa shape index (κ3) is 5.33. The molecule has 1 unspecified atom stereocenters. The highest BCUT2D eigenvalue weighted by atomic mass is 32.2. The van der Waals surface area contributed by atoms with E-state index >= 15 is 0 Å². The molecule has 1 rings (SSSR count). The zero-order valence-electron chi connectivity index (χ0n) is 12.3. The molecule has 0 bridgehead atoms. The van der Waals surface area contributed by atoms with Crippen molar-refractivity contribution in [1.82, 2.24) is 5.32 Å². The van der Waals surface area contributed by atoms with Crippen LogP contribution in [-0.4, -0.2) is 31.5 Å². The number of nitrogens with one attached hydrogen (secondary N) is 1. The zero-order valence-corrected chi connectivity index (χ0v) is 13.1. The lowest BCUT2D eigenvalue weighted by atomic mass is 10.1. The highest BCUT2D eigenvalue weighted by molar-refractivity contribution is 7.92. The summed E-state index contributed by atoms with van der Waals surface area (Å²) in [5.41, 5.74) is 1.26. The number of hydrogen-bond donors (Lipinski definition) is 1. The molecule has 1 N–H and O–H groups in total. The van der Waals surface area contributed by atoms with Gasteiger partial charge in [-0.05, 0) is 39.7 Å². The Labute approximate surface area is 117 Å². The second kappa shape index (κ2) is 6.53. The second-order valence-electron chi connectivity index (χ2n) is 5.98. The molecule has 0 aromatic heterocycles. The van der Waals surface area contributed by atoms with Gasteiger partial charge >= 0.3 is 0 Å². The Kier molecular flexibility index (Phi) is 5.56. The van der Waals surface area contributed by atoms with Crippen LogP contribution in [0, 0.1) is 0 Å². The third-order valence-corrected chi connectivity index (χ3v) is 5.79. The molecule has 0 aliphatic rings. The van der Waals surface area contributed by atoms with Gasteiger partial charge in [0.25, 0.3) is 0 Å². The van der Waals surface area contributed by atoms with Gasteiger partial charge in [-0.15, -0.1) is 0 Å². The smallest absolute Gasteiger partial charge is 0.156 e. The molecule has 1 aromatic carbocycles. The van der Waals surface area contributed by atoms with Crippen LogP contribution in [0.1, 0.15) is 33.3 Å². The van der Waals surface area contributed by atoms with Crippen LogP contribution in [0.5, 0.6) is 0 Å². The standard InChI is InChI=1S/C15H25NO2S/c1-13(12-14-8-6-5-7-9-14)16-10-11-19(17,18)15(2,3)4/h5-9,13,16H,10-12H2,1-4H3. The fourth-order valence-electron chi connectivity index (χ4n) is 1.79. The first-order valence-electron chi connectivity index (χ1n) is 6.72. The van der Waals surface area contributed by atoms with Crippen molar-refractivity contribution in [3.8, 4) is 0 Å². The van der Waals surface area contributed by atoms with E-state index in [1.54, 1.807) is 20.8 Å². The maximum absolute atomic E-state index is 12.0. The molecule has 4 heteroatoms. The summed E-state index contributed by atoms with van der Waals surface area (Å²) in [6, 6.07) is 10.5. The van der Waals surface area contributed by atoms with Crippen molar-refractivity contribution in [1.29, 1.82) is 0 Å². The normalized spacial score (nSPS) is 14.3. The molecule has 3 nitrogen and oxygen atoms in total. The Bertz CT molecular complexity index is 475. The Morgan fingerprint density at radius 2 is 1.74 bits per heavy atom. The first-order chi connectivity index (χ1) is 8.72. The van der Waals surface area contributed by atoms with Crippen molar-refractivity contribution >= 4 is 9.84 Å². The summed E-state index contributed by atoms with van der Waals surface area (Å²) in [5.74, 6) is 0.190. The van der Waals surface area contributed by atoms with E-state index in [0.717, 1.165) is 6.42 Å². The fraction of sp³-hybridized carbons (Fsp3) is 0.600. The summed E-state index contributed by atoms with van der Waals surface area (Å²) in [6.45, 7) is 7.82. The van der Waals surface area contributed by atoms with E-state index in [1.807, 2.05) is 18.2 Å². The van der Waals surface area contributed by atoms with E-state index in [1.165, 1.54) is 5.56 Å². The maximum atomic E-state index is 12.0. The average molecular weight is 283 g/mol. The minimum Gasteiger partial charge on any atom is -0.313 e. The molecule has 0 fully saturated rings. The quantitative estimate of drug-likeness (QED) is 0.872. The summed E-state index contributed by atoms with van der Waals surface area (Å²) >= 11 is 0. The first kappa shape index (κ1) is 16.2. The Hall–Kier alpha value is -0.870. The Morgan fingerprint density at radius 3 is 2.26 bits per heavy atom. The van der Waals surface area contributed by atoms with Crippen LogP contribution in [0.2, 0.25) is 0 Å². The van der Waals surface area contributed by atoms with Gasteiger partial charge in [-0.2, -0.15) is 0 Å².